The number of aliphatic hydroxyl groups is 1. The van der Waals surface area contributed by atoms with Crippen LogP contribution in [0.5, 0.6) is 5.75 Å². The van der Waals surface area contributed by atoms with Gasteiger partial charge < -0.3 is 20.5 Å². The van der Waals surface area contributed by atoms with Gasteiger partial charge in [0.15, 0.2) is 0 Å². The van der Waals surface area contributed by atoms with Gasteiger partial charge in [-0.3, -0.25) is 9.59 Å². The van der Waals surface area contributed by atoms with Crippen molar-refractivity contribution in [1.82, 2.24) is 10.6 Å². The number of carbonyl (C=O) groups excluding carboxylic acids is 2. The SMILES string of the molecule is CCCOc1cc(SOOC)cc(C(=O)N[C@@H](Cc2ccccc2)[C@@H](O)C[C@@H](CCC(C)C)C(=O)NC2CC3CCC2C3)c1. The van der Waals surface area contributed by atoms with E-state index in [9.17, 15) is 14.7 Å². The van der Waals surface area contributed by atoms with Crippen LogP contribution in [0, 0.1) is 23.7 Å². The summed E-state index contributed by atoms with van der Waals surface area (Å²) in [6.07, 6.45) is 6.97. The first-order chi connectivity index (χ1) is 21.2. The molecule has 8 nitrogen and oxygen atoms in total. The Morgan fingerprint density at radius 3 is 2.52 bits per heavy atom. The maximum Gasteiger partial charge on any atom is 0.251 e. The molecule has 2 fully saturated rings. The minimum Gasteiger partial charge on any atom is -0.494 e. The number of fused-ring (bicyclic) bond motifs is 2. The maximum absolute atomic E-state index is 13.7. The smallest absolute Gasteiger partial charge is 0.251 e. The molecule has 2 amide bonds. The number of carbonyl (C=O) groups is 2. The van der Waals surface area contributed by atoms with E-state index in [1.807, 2.05) is 37.3 Å². The molecule has 2 aliphatic rings. The molecule has 2 saturated carbocycles. The number of nitrogens with one attached hydrogen (secondary N) is 2. The van der Waals surface area contributed by atoms with E-state index in [2.05, 4.69) is 24.5 Å². The molecule has 242 valence electrons. The van der Waals surface area contributed by atoms with E-state index in [-0.39, 0.29) is 30.2 Å². The topological polar surface area (TPSA) is 106 Å². The zero-order chi connectivity index (χ0) is 31.5. The highest BCUT2D eigenvalue weighted by Gasteiger charge is 2.41. The summed E-state index contributed by atoms with van der Waals surface area (Å²) in [4.78, 5) is 32.7. The quantitative estimate of drug-likeness (QED) is 0.0984. The van der Waals surface area contributed by atoms with Gasteiger partial charge in [-0.2, -0.15) is 4.33 Å². The van der Waals surface area contributed by atoms with E-state index < -0.39 is 12.1 Å². The van der Waals surface area contributed by atoms with Gasteiger partial charge in [0.05, 0.1) is 37.9 Å². The third kappa shape index (κ3) is 10.2. The molecule has 2 bridgehead atoms. The van der Waals surface area contributed by atoms with Crippen molar-refractivity contribution in [3.05, 3.63) is 59.7 Å². The Morgan fingerprint density at radius 2 is 1.86 bits per heavy atom. The molecule has 2 aromatic carbocycles. The van der Waals surface area contributed by atoms with E-state index in [1.165, 1.54) is 26.4 Å². The van der Waals surface area contributed by atoms with Crippen LogP contribution >= 0.6 is 12.0 Å². The highest BCUT2D eigenvalue weighted by molar-refractivity contribution is 7.94. The monoisotopic (exact) mass is 626 g/mol. The molecule has 44 heavy (non-hydrogen) atoms. The van der Waals surface area contributed by atoms with Crippen molar-refractivity contribution in [2.24, 2.45) is 23.7 Å². The van der Waals surface area contributed by atoms with Gasteiger partial charge in [0.25, 0.3) is 5.91 Å². The highest BCUT2D eigenvalue weighted by atomic mass is 32.2. The number of rotatable bonds is 18. The molecule has 4 rings (SSSR count). The van der Waals surface area contributed by atoms with Gasteiger partial charge in [0.1, 0.15) is 5.75 Å². The van der Waals surface area contributed by atoms with Crippen molar-refractivity contribution < 1.29 is 28.7 Å². The standard InChI is InChI=1S/C35H50N2O6S/c1-5-15-42-29-19-28(20-30(22-29)44-43-41-4)35(40)37-32(17-24-9-7-6-8-10-24)33(38)21-27(13-11-23(2)3)34(39)36-31-18-25-12-14-26(31)16-25/h6-10,19-20,22-23,25-27,31-33,38H,5,11-18,21H2,1-4H3,(H,36,39)(H,37,40)/t25?,26?,27-,31?,32+,33+/m1/s1. The summed E-state index contributed by atoms with van der Waals surface area (Å²) in [5.74, 6) is 1.68. The summed E-state index contributed by atoms with van der Waals surface area (Å²) >= 11 is 0.988. The fourth-order valence-corrected chi connectivity index (χ4v) is 7.08. The Labute approximate surface area is 267 Å². The summed E-state index contributed by atoms with van der Waals surface area (Å²) in [5.41, 5.74) is 1.38. The number of hydrogen-bond acceptors (Lipinski definition) is 7. The molecule has 0 aliphatic heterocycles. The molecule has 3 N–H and O–H groups in total. The fourth-order valence-electron chi connectivity index (χ4n) is 6.60. The van der Waals surface area contributed by atoms with E-state index in [0.717, 1.165) is 42.8 Å². The first kappa shape index (κ1) is 34.3. The Kier molecular flexibility index (Phi) is 13.4. The van der Waals surface area contributed by atoms with Gasteiger partial charge in [0, 0.05) is 22.4 Å². The van der Waals surface area contributed by atoms with Crippen LogP contribution in [0.25, 0.3) is 0 Å². The van der Waals surface area contributed by atoms with Crippen LogP contribution in [0.2, 0.25) is 0 Å². The van der Waals surface area contributed by atoms with Crippen LogP contribution in [0.3, 0.4) is 0 Å². The molecule has 0 aromatic heterocycles. The van der Waals surface area contributed by atoms with E-state index in [4.69, 9.17) is 14.0 Å². The highest BCUT2D eigenvalue weighted by Crippen LogP contribution is 2.44. The lowest BCUT2D eigenvalue weighted by molar-refractivity contribution is -0.160. The third-order valence-corrected chi connectivity index (χ3v) is 9.58. The second-order valence-electron chi connectivity index (χ2n) is 12.9. The third-order valence-electron chi connectivity index (χ3n) is 8.95. The van der Waals surface area contributed by atoms with Crippen LogP contribution in [-0.4, -0.2) is 48.8 Å². The normalized spacial score (nSPS) is 21.2. The summed E-state index contributed by atoms with van der Waals surface area (Å²) < 4.78 is 10.9. The van der Waals surface area contributed by atoms with Gasteiger partial charge in [-0.05, 0) is 86.5 Å². The van der Waals surface area contributed by atoms with Crippen molar-refractivity contribution in [3.63, 3.8) is 0 Å². The van der Waals surface area contributed by atoms with Crippen molar-refractivity contribution in [2.45, 2.75) is 102 Å². The summed E-state index contributed by atoms with van der Waals surface area (Å²) in [6.45, 7) is 6.84. The number of aliphatic hydroxyl groups excluding tert-OH is 1. The molecular formula is C35H50N2O6S. The molecule has 0 radical (unpaired) electrons. The summed E-state index contributed by atoms with van der Waals surface area (Å²) in [5, 5.41) is 18.2. The number of ether oxygens (including phenoxy) is 1. The van der Waals surface area contributed by atoms with Crippen molar-refractivity contribution in [3.8, 4) is 5.75 Å². The number of hydrogen-bond donors (Lipinski definition) is 3. The molecular weight excluding hydrogens is 576 g/mol. The number of benzene rings is 2. The minimum absolute atomic E-state index is 0.0348. The molecule has 2 aromatic rings. The minimum atomic E-state index is -0.924. The Morgan fingerprint density at radius 1 is 1.07 bits per heavy atom. The molecule has 0 spiro atoms. The van der Waals surface area contributed by atoms with Crippen LogP contribution < -0.4 is 15.4 Å². The first-order valence-electron chi connectivity index (χ1n) is 16.2. The van der Waals surface area contributed by atoms with Gasteiger partial charge in [0.2, 0.25) is 5.91 Å². The van der Waals surface area contributed by atoms with Crippen molar-refractivity contribution in [2.75, 3.05) is 13.7 Å². The average Bonchev–Trinajstić information content (AvgIpc) is 3.64. The molecule has 0 heterocycles. The summed E-state index contributed by atoms with van der Waals surface area (Å²) in [6, 6.07) is 14.6. The molecule has 6 atom stereocenters. The van der Waals surface area contributed by atoms with E-state index in [0.29, 0.717) is 47.5 Å². The predicted octanol–water partition coefficient (Wildman–Crippen LogP) is 6.51. The number of amides is 2. The van der Waals surface area contributed by atoms with E-state index in [1.54, 1.807) is 18.2 Å². The lowest BCUT2D eigenvalue weighted by Gasteiger charge is -2.30. The van der Waals surface area contributed by atoms with Gasteiger partial charge >= 0.3 is 0 Å². The summed E-state index contributed by atoms with van der Waals surface area (Å²) in [7, 11) is 1.42. The zero-order valence-electron chi connectivity index (χ0n) is 26.6. The van der Waals surface area contributed by atoms with Crippen LogP contribution in [0.15, 0.2) is 53.4 Å². The van der Waals surface area contributed by atoms with Gasteiger partial charge in [-0.25, -0.2) is 4.89 Å². The maximum atomic E-state index is 13.7. The van der Waals surface area contributed by atoms with Crippen molar-refractivity contribution in [1.29, 1.82) is 0 Å². The molecule has 9 heteroatoms. The average molecular weight is 627 g/mol. The fraction of sp³-hybridized carbons (Fsp3) is 0.600. The molecule has 2 aliphatic carbocycles. The van der Waals surface area contributed by atoms with Gasteiger partial charge in [-0.1, -0.05) is 63.9 Å². The second-order valence-corrected chi connectivity index (χ2v) is 13.7. The van der Waals surface area contributed by atoms with Gasteiger partial charge in [-0.15, -0.1) is 0 Å². The lowest BCUT2D eigenvalue weighted by Crippen LogP contribution is -2.48. The predicted molar refractivity (Wildman–Crippen MR) is 173 cm³/mol. The van der Waals surface area contributed by atoms with Crippen molar-refractivity contribution >= 4 is 23.9 Å². The molecule has 0 saturated heterocycles. The van der Waals surface area contributed by atoms with Crippen LogP contribution in [0.1, 0.15) is 88.1 Å². The second kappa shape index (κ2) is 17.2. The largest absolute Gasteiger partial charge is 0.494 e. The first-order valence-corrected chi connectivity index (χ1v) is 17.0. The Hall–Kier alpha value is -2.59. The zero-order valence-corrected chi connectivity index (χ0v) is 27.4. The Bertz CT molecular complexity index is 1170. The Balaban J connectivity index is 1.52. The van der Waals surface area contributed by atoms with Crippen LogP contribution in [-0.2, 0) is 20.4 Å². The van der Waals surface area contributed by atoms with E-state index >= 15 is 0 Å². The molecule has 3 unspecified atom stereocenters. The lowest BCUT2D eigenvalue weighted by atomic mass is 9.87. The van der Waals surface area contributed by atoms with Crippen LogP contribution in [0.4, 0.5) is 0 Å².